The van der Waals surface area contributed by atoms with Crippen molar-refractivity contribution in [1.82, 2.24) is 4.68 Å². The largest absolute Gasteiger partial charge is 0.465 e. The van der Waals surface area contributed by atoms with Gasteiger partial charge in [0, 0.05) is 11.6 Å². The van der Waals surface area contributed by atoms with Crippen LogP contribution in [0.4, 0.5) is 5.69 Å². The minimum absolute atomic E-state index is 0.338. The maximum Gasteiger partial charge on any atom is 0.340 e. The summed E-state index contributed by atoms with van der Waals surface area (Å²) in [6, 6.07) is 17.5. The smallest absolute Gasteiger partial charge is 0.340 e. The summed E-state index contributed by atoms with van der Waals surface area (Å²) in [4.78, 5) is 11.8. The second-order valence-electron chi connectivity index (χ2n) is 4.40. The normalized spacial score (nSPS) is 10.4. The SMILES string of the molecule is COC(=O)c1cn(Nc2ccccc2)c2ccccc12. The van der Waals surface area contributed by atoms with Crippen LogP contribution in [-0.4, -0.2) is 17.8 Å². The molecule has 0 fully saturated rings. The van der Waals surface area contributed by atoms with Gasteiger partial charge < -0.3 is 4.74 Å². The Hall–Kier alpha value is -2.75. The molecule has 4 nitrogen and oxygen atoms in total. The molecule has 2 aromatic carbocycles. The fourth-order valence-electron chi connectivity index (χ4n) is 2.20. The van der Waals surface area contributed by atoms with E-state index in [1.165, 1.54) is 7.11 Å². The predicted molar refractivity (Wildman–Crippen MR) is 78.7 cm³/mol. The molecule has 0 unspecified atom stereocenters. The number of nitrogens with one attached hydrogen (secondary N) is 1. The van der Waals surface area contributed by atoms with Crippen LogP contribution in [0.25, 0.3) is 10.9 Å². The van der Waals surface area contributed by atoms with E-state index < -0.39 is 0 Å². The fourth-order valence-corrected chi connectivity index (χ4v) is 2.20. The molecule has 0 atom stereocenters. The van der Waals surface area contributed by atoms with Gasteiger partial charge in [-0.1, -0.05) is 36.4 Å². The molecule has 100 valence electrons. The van der Waals surface area contributed by atoms with Gasteiger partial charge in [0.05, 0.1) is 23.9 Å². The third-order valence-electron chi connectivity index (χ3n) is 3.14. The van der Waals surface area contributed by atoms with Gasteiger partial charge in [-0.05, 0) is 18.2 Å². The van der Waals surface area contributed by atoms with Crippen molar-refractivity contribution in [3.63, 3.8) is 0 Å². The number of carbonyl (C=O) groups is 1. The monoisotopic (exact) mass is 266 g/mol. The summed E-state index contributed by atoms with van der Waals surface area (Å²) in [6.07, 6.45) is 1.75. The fraction of sp³-hybridized carbons (Fsp3) is 0.0625. The van der Waals surface area contributed by atoms with E-state index in [1.54, 1.807) is 6.20 Å². The van der Waals surface area contributed by atoms with Crippen LogP contribution >= 0.6 is 0 Å². The van der Waals surface area contributed by atoms with E-state index in [9.17, 15) is 4.79 Å². The zero-order chi connectivity index (χ0) is 13.9. The first kappa shape index (κ1) is 12.3. The number of hydrogen-bond donors (Lipinski definition) is 1. The molecule has 0 bridgehead atoms. The molecule has 3 aromatic rings. The highest BCUT2D eigenvalue weighted by molar-refractivity contribution is 6.04. The number of anilines is 1. The first-order valence-electron chi connectivity index (χ1n) is 6.30. The second kappa shape index (κ2) is 5.09. The molecule has 0 saturated heterocycles. The lowest BCUT2D eigenvalue weighted by molar-refractivity contribution is 0.0603. The molecule has 0 spiro atoms. The maximum absolute atomic E-state index is 11.8. The number of carbonyl (C=O) groups excluding carboxylic acids is 1. The van der Waals surface area contributed by atoms with E-state index in [1.807, 2.05) is 59.3 Å². The van der Waals surface area contributed by atoms with Gasteiger partial charge in [0.2, 0.25) is 0 Å². The minimum atomic E-state index is -0.338. The van der Waals surface area contributed by atoms with Gasteiger partial charge in [-0.15, -0.1) is 0 Å². The molecule has 0 amide bonds. The number of ether oxygens (including phenoxy) is 1. The molecule has 0 aliphatic rings. The lowest BCUT2D eigenvalue weighted by Gasteiger charge is -2.08. The third-order valence-corrected chi connectivity index (χ3v) is 3.14. The van der Waals surface area contributed by atoms with Crippen molar-refractivity contribution in [2.45, 2.75) is 0 Å². The number of rotatable bonds is 3. The Balaban J connectivity index is 2.09. The van der Waals surface area contributed by atoms with Crippen LogP contribution in [0.1, 0.15) is 10.4 Å². The quantitative estimate of drug-likeness (QED) is 0.740. The summed E-state index contributed by atoms with van der Waals surface area (Å²) in [5.41, 5.74) is 5.68. The summed E-state index contributed by atoms with van der Waals surface area (Å²) in [5, 5.41) is 0.864. The first-order valence-corrected chi connectivity index (χ1v) is 6.30. The molecule has 0 aliphatic heterocycles. The maximum atomic E-state index is 11.8. The lowest BCUT2D eigenvalue weighted by Crippen LogP contribution is -2.07. The van der Waals surface area contributed by atoms with Crippen molar-refractivity contribution in [2.24, 2.45) is 0 Å². The zero-order valence-corrected chi connectivity index (χ0v) is 11.0. The van der Waals surface area contributed by atoms with E-state index in [4.69, 9.17) is 4.74 Å². The molecular weight excluding hydrogens is 252 g/mol. The summed E-state index contributed by atoms with van der Waals surface area (Å²) >= 11 is 0. The number of fused-ring (bicyclic) bond motifs is 1. The van der Waals surface area contributed by atoms with Crippen molar-refractivity contribution in [1.29, 1.82) is 0 Å². The molecular formula is C16H14N2O2. The second-order valence-corrected chi connectivity index (χ2v) is 4.40. The average Bonchev–Trinajstić information content (AvgIpc) is 2.87. The van der Waals surface area contributed by atoms with Crippen molar-refractivity contribution in [3.8, 4) is 0 Å². The third kappa shape index (κ3) is 2.12. The molecule has 1 heterocycles. The topological polar surface area (TPSA) is 43.3 Å². The highest BCUT2D eigenvalue weighted by Gasteiger charge is 2.15. The van der Waals surface area contributed by atoms with E-state index in [2.05, 4.69) is 5.43 Å². The summed E-state index contributed by atoms with van der Waals surface area (Å²) < 4.78 is 6.66. The van der Waals surface area contributed by atoms with Gasteiger partial charge in [0.1, 0.15) is 0 Å². The van der Waals surface area contributed by atoms with Crippen LogP contribution < -0.4 is 5.43 Å². The minimum Gasteiger partial charge on any atom is -0.465 e. The highest BCUT2D eigenvalue weighted by atomic mass is 16.5. The van der Waals surface area contributed by atoms with Crippen molar-refractivity contribution < 1.29 is 9.53 Å². The predicted octanol–water partition coefficient (Wildman–Crippen LogP) is 3.30. The first-order chi connectivity index (χ1) is 9.79. The van der Waals surface area contributed by atoms with Crippen molar-refractivity contribution >= 4 is 22.6 Å². The van der Waals surface area contributed by atoms with E-state index >= 15 is 0 Å². The number of benzene rings is 2. The van der Waals surface area contributed by atoms with Gasteiger partial charge in [0.15, 0.2) is 0 Å². The number of para-hydroxylation sites is 2. The molecule has 1 N–H and O–H groups in total. The van der Waals surface area contributed by atoms with Gasteiger partial charge in [-0.25, -0.2) is 4.79 Å². The summed E-state index contributed by atoms with van der Waals surface area (Å²) in [5.74, 6) is -0.338. The number of methoxy groups -OCH3 is 1. The molecule has 4 heteroatoms. The zero-order valence-electron chi connectivity index (χ0n) is 11.0. The van der Waals surface area contributed by atoms with Crippen LogP contribution in [0.5, 0.6) is 0 Å². The van der Waals surface area contributed by atoms with Crippen LogP contribution in [-0.2, 0) is 4.74 Å². The Labute approximate surface area is 116 Å². The van der Waals surface area contributed by atoms with Crippen LogP contribution in [0.2, 0.25) is 0 Å². The van der Waals surface area contributed by atoms with Crippen molar-refractivity contribution in [2.75, 3.05) is 12.5 Å². The number of aromatic nitrogens is 1. The van der Waals surface area contributed by atoms with E-state index in [0.717, 1.165) is 16.6 Å². The number of esters is 1. The summed E-state index contributed by atoms with van der Waals surface area (Å²) in [7, 11) is 1.39. The molecule has 3 rings (SSSR count). The highest BCUT2D eigenvalue weighted by Crippen LogP contribution is 2.22. The average molecular weight is 266 g/mol. The number of nitrogens with zero attached hydrogens (tertiary/aromatic N) is 1. The van der Waals surface area contributed by atoms with E-state index in [0.29, 0.717) is 5.56 Å². The molecule has 0 saturated carbocycles. The van der Waals surface area contributed by atoms with E-state index in [-0.39, 0.29) is 5.97 Å². The lowest BCUT2D eigenvalue weighted by atomic mass is 10.2. The molecule has 1 aromatic heterocycles. The Bertz CT molecular complexity index is 748. The summed E-state index contributed by atoms with van der Waals surface area (Å²) in [6.45, 7) is 0. The number of hydrogen-bond acceptors (Lipinski definition) is 3. The molecule has 20 heavy (non-hydrogen) atoms. The Morgan fingerprint density at radius 2 is 1.75 bits per heavy atom. The molecule has 0 radical (unpaired) electrons. The van der Waals surface area contributed by atoms with Gasteiger partial charge >= 0.3 is 5.97 Å². The van der Waals surface area contributed by atoms with Crippen molar-refractivity contribution in [3.05, 3.63) is 66.4 Å². The van der Waals surface area contributed by atoms with Gasteiger partial charge in [-0.2, -0.15) is 0 Å². The molecule has 0 aliphatic carbocycles. The van der Waals surface area contributed by atoms with Gasteiger partial charge in [0.25, 0.3) is 0 Å². The van der Waals surface area contributed by atoms with Crippen LogP contribution in [0.15, 0.2) is 60.8 Å². The Morgan fingerprint density at radius 1 is 1.05 bits per heavy atom. The van der Waals surface area contributed by atoms with Crippen LogP contribution in [0, 0.1) is 0 Å². The Kier molecular flexibility index (Phi) is 3.13. The Morgan fingerprint density at radius 3 is 2.50 bits per heavy atom. The standard InChI is InChI=1S/C16H14N2O2/c1-20-16(19)14-11-18(15-10-6-5-9-13(14)15)17-12-7-3-2-4-8-12/h2-11,17H,1H3. The van der Waals surface area contributed by atoms with Crippen LogP contribution in [0.3, 0.4) is 0 Å². The van der Waals surface area contributed by atoms with Gasteiger partial charge in [-0.3, -0.25) is 10.1 Å².